The summed E-state index contributed by atoms with van der Waals surface area (Å²) in [5, 5.41) is 2.94. The second-order valence-corrected chi connectivity index (χ2v) is 10.9. The Labute approximate surface area is 202 Å². The van der Waals surface area contributed by atoms with Crippen LogP contribution in [0, 0.1) is 19.7 Å². The van der Waals surface area contributed by atoms with Crippen molar-refractivity contribution in [3.05, 3.63) is 40.5 Å². The molecule has 4 rings (SSSR count). The molecular weight excluding hydrogens is 457 g/mol. The molecule has 1 aliphatic rings. The van der Waals surface area contributed by atoms with Gasteiger partial charge < -0.3 is 19.4 Å². The Balaban J connectivity index is 1.44. The summed E-state index contributed by atoms with van der Waals surface area (Å²) in [5.41, 5.74) is 2.38. The first-order chi connectivity index (χ1) is 15.9. The predicted molar refractivity (Wildman–Crippen MR) is 129 cm³/mol. The van der Waals surface area contributed by atoms with Crippen LogP contribution in [0.4, 0.5) is 9.18 Å². The van der Waals surface area contributed by atoms with Crippen molar-refractivity contribution in [2.45, 2.75) is 72.1 Å². The monoisotopic (exact) mass is 487 g/mol. The van der Waals surface area contributed by atoms with Gasteiger partial charge in [0.1, 0.15) is 16.3 Å². The molecule has 10 heteroatoms. The number of ether oxygens (including phenoxy) is 1. The standard InChI is InChI=1S/C24H30FN5O3S/c1-13-11-29-12-18(28-21(29)15(3)26-13)19-10-17(25)20(34-19)22(31)27-16-7-8-30(14(2)9-16)23(32)33-24(4,5)6/h10-12,14,16H,7-9H2,1-6H3,(H,27,31). The highest BCUT2D eigenvalue weighted by atomic mass is 32.1. The molecule has 0 radical (unpaired) electrons. The lowest BCUT2D eigenvalue weighted by Gasteiger charge is -2.38. The second-order valence-electron chi connectivity index (χ2n) is 9.83. The van der Waals surface area contributed by atoms with Gasteiger partial charge in [-0.2, -0.15) is 0 Å². The van der Waals surface area contributed by atoms with Gasteiger partial charge in [0.15, 0.2) is 5.65 Å². The molecule has 1 fully saturated rings. The van der Waals surface area contributed by atoms with Gasteiger partial charge in [-0.1, -0.05) is 0 Å². The third-order valence-corrected chi connectivity index (χ3v) is 6.84. The van der Waals surface area contributed by atoms with Crippen molar-refractivity contribution in [1.82, 2.24) is 24.6 Å². The van der Waals surface area contributed by atoms with E-state index in [1.54, 1.807) is 4.90 Å². The van der Waals surface area contributed by atoms with Crippen LogP contribution in [0.5, 0.6) is 0 Å². The van der Waals surface area contributed by atoms with Crippen molar-refractivity contribution in [3.8, 4) is 10.6 Å². The average Bonchev–Trinajstić information content (AvgIpc) is 3.30. The number of hydrogen-bond donors (Lipinski definition) is 1. The highest BCUT2D eigenvalue weighted by Gasteiger charge is 2.33. The SMILES string of the molecule is Cc1cn2cc(-c3cc(F)c(C(=O)NC4CCN(C(=O)OC(C)(C)C)C(C)C4)s3)nc2c(C)n1. The smallest absolute Gasteiger partial charge is 0.410 e. The third-order valence-electron chi connectivity index (χ3n) is 5.71. The van der Waals surface area contributed by atoms with Gasteiger partial charge in [-0.3, -0.25) is 9.78 Å². The normalized spacial score (nSPS) is 18.9. The van der Waals surface area contributed by atoms with Crippen molar-refractivity contribution in [3.63, 3.8) is 0 Å². The first-order valence-electron chi connectivity index (χ1n) is 11.3. The molecule has 2 atom stereocenters. The van der Waals surface area contributed by atoms with Gasteiger partial charge in [-0.25, -0.2) is 14.2 Å². The first-order valence-corrected chi connectivity index (χ1v) is 12.2. The molecule has 0 bridgehead atoms. The number of hydrogen-bond acceptors (Lipinski definition) is 6. The Morgan fingerprint density at radius 3 is 2.65 bits per heavy atom. The van der Waals surface area contributed by atoms with Crippen LogP contribution in [0.2, 0.25) is 0 Å². The van der Waals surface area contributed by atoms with Crippen LogP contribution >= 0.6 is 11.3 Å². The van der Waals surface area contributed by atoms with E-state index in [-0.39, 0.29) is 23.1 Å². The quantitative estimate of drug-likeness (QED) is 0.577. The van der Waals surface area contributed by atoms with Crippen LogP contribution in [0.25, 0.3) is 16.2 Å². The molecule has 2 unspecified atom stereocenters. The predicted octanol–water partition coefficient (Wildman–Crippen LogP) is 4.73. The van der Waals surface area contributed by atoms with Crippen LogP contribution in [0.15, 0.2) is 18.5 Å². The molecule has 4 heterocycles. The molecule has 2 amide bonds. The van der Waals surface area contributed by atoms with Crippen LogP contribution < -0.4 is 5.32 Å². The van der Waals surface area contributed by atoms with Gasteiger partial charge in [0.25, 0.3) is 5.91 Å². The fourth-order valence-electron chi connectivity index (χ4n) is 4.22. The van der Waals surface area contributed by atoms with E-state index in [1.807, 2.05) is 58.3 Å². The fraction of sp³-hybridized carbons (Fsp3) is 0.500. The minimum Gasteiger partial charge on any atom is -0.444 e. The molecule has 1 saturated heterocycles. The Kier molecular flexibility index (Phi) is 6.37. The summed E-state index contributed by atoms with van der Waals surface area (Å²) in [6.07, 6.45) is 4.47. The van der Waals surface area contributed by atoms with Crippen molar-refractivity contribution < 1.29 is 18.7 Å². The molecule has 0 aliphatic carbocycles. The maximum Gasteiger partial charge on any atom is 0.410 e. The maximum atomic E-state index is 14.7. The number of fused-ring (bicyclic) bond motifs is 1. The molecule has 182 valence electrons. The van der Waals surface area contributed by atoms with Crippen molar-refractivity contribution in [2.75, 3.05) is 6.54 Å². The van der Waals surface area contributed by atoms with Gasteiger partial charge in [0.2, 0.25) is 0 Å². The zero-order chi connectivity index (χ0) is 24.8. The highest BCUT2D eigenvalue weighted by molar-refractivity contribution is 7.17. The van der Waals surface area contributed by atoms with Gasteiger partial charge >= 0.3 is 6.09 Å². The topological polar surface area (TPSA) is 88.8 Å². The van der Waals surface area contributed by atoms with Crippen molar-refractivity contribution in [1.29, 1.82) is 0 Å². The van der Waals surface area contributed by atoms with E-state index < -0.39 is 17.3 Å². The van der Waals surface area contributed by atoms with E-state index in [2.05, 4.69) is 15.3 Å². The number of carbonyl (C=O) groups is 2. The van der Waals surface area contributed by atoms with Crippen LogP contribution in [0.3, 0.4) is 0 Å². The number of aryl methyl sites for hydroxylation is 2. The summed E-state index contributed by atoms with van der Waals surface area (Å²) in [6, 6.07) is 1.10. The van der Waals surface area contributed by atoms with E-state index in [9.17, 15) is 14.0 Å². The summed E-state index contributed by atoms with van der Waals surface area (Å²) in [5.74, 6) is -1.02. The summed E-state index contributed by atoms with van der Waals surface area (Å²) in [6.45, 7) is 11.7. The van der Waals surface area contributed by atoms with E-state index in [0.29, 0.717) is 35.6 Å². The number of thiophene rings is 1. The number of nitrogens with zero attached hydrogens (tertiary/aromatic N) is 4. The number of nitrogens with one attached hydrogen (secondary N) is 1. The maximum absolute atomic E-state index is 14.7. The number of piperidine rings is 1. The number of imidazole rings is 1. The highest BCUT2D eigenvalue weighted by Crippen LogP contribution is 2.31. The Morgan fingerprint density at radius 1 is 1.24 bits per heavy atom. The van der Waals surface area contributed by atoms with Gasteiger partial charge in [-0.15, -0.1) is 11.3 Å². The number of aromatic nitrogens is 3. The van der Waals surface area contributed by atoms with Gasteiger partial charge in [0, 0.05) is 31.0 Å². The number of likely N-dealkylation sites (tertiary alicyclic amines) is 1. The van der Waals surface area contributed by atoms with Crippen LogP contribution in [-0.2, 0) is 4.74 Å². The molecule has 34 heavy (non-hydrogen) atoms. The first kappa shape index (κ1) is 24.1. The summed E-state index contributed by atoms with van der Waals surface area (Å²) in [4.78, 5) is 36.6. The van der Waals surface area contributed by atoms with Crippen molar-refractivity contribution >= 4 is 29.0 Å². The summed E-state index contributed by atoms with van der Waals surface area (Å²) >= 11 is 1.08. The molecule has 1 N–H and O–H groups in total. The lowest BCUT2D eigenvalue weighted by Crippen LogP contribution is -2.52. The molecule has 0 saturated carbocycles. The number of halogens is 1. The number of amides is 2. The Hall–Kier alpha value is -3.01. The van der Waals surface area contributed by atoms with Crippen molar-refractivity contribution in [2.24, 2.45) is 0 Å². The molecule has 3 aromatic heterocycles. The number of carbonyl (C=O) groups excluding carboxylic acids is 2. The molecule has 0 spiro atoms. The summed E-state index contributed by atoms with van der Waals surface area (Å²) < 4.78 is 22.1. The largest absolute Gasteiger partial charge is 0.444 e. The molecular formula is C24H30FN5O3S. The average molecular weight is 488 g/mol. The van der Waals surface area contributed by atoms with E-state index in [4.69, 9.17) is 4.74 Å². The van der Waals surface area contributed by atoms with E-state index >= 15 is 0 Å². The van der Waals surface area contributed by atoms with Crippen LogP contribution in [-0.4, -0.2) is 55.5 Å². The van der Waals surface area contributed by atoms with Crippen LogP contribution in [0.1, 0.15) is 61.6 Å². The number of rotatable bonds is 3. The van der Waals surface area contributed by atoms with Gasteiger partial charge in [0.05, 0.1) is 22.0 Å². The summed E-state index contributed by atoms with van der Waals surface area (Å²) in [7, 11) is 0. The van der Waals surface area contributed by atoms with E-state index in [1.165, 1.54) is 6.07 Å². The molecule has 1 aliphatic heterocycles. The zero-order valence-corrected chi connectivity index (χ0v) is 21.1. The molecule has 8 nitrogen and oxygen atoms in total. The van der Waals surface area contributed by atoms with Gasteiger partial charge in [-0.05, 0) is 60.5 Å². The minimum atomic E-state index is -0.570. The Bertz CT molecular complexity index is 1250. The van der Waals surface area contributed by atoms with E-state index in [0.717, 1.165) is 22.7 Å². The lowest BCUT2D eigenvalue weighted by molar-refractivity contribution is 0.00961. The third kappa shape index (κ3) is 5.06. The second kappa shape index (κ2) is 8.98. The molecule has 3 aromatic rings. The zero-order valence-electron chi connectivity index (χ0n) is 20.3. The Morgan fingerprint density at radius 2 is 1.97 bits per heavy atom. The minimum absolute atomic E-state index is 0.0281. The fourth-order valence-corrected chi connectivity index (χ4v) is 5.11. The lowest BCUT2D eigenvalue weighted by atomic mass is 9.98. The molecule has 0 aromatic carbocycles.